The van der Waals surface area contributed by atoms with Gasteiger partial charge in [0, 0.05) is 11.1 Å². The van der Waals surface area contributed by atoms with Crippen LogP contribution in [0.1, 0.15) is 22.3 Å². The zero-order valence-corrected chi connectivity index (χ0v) is 17.1. The zero-order chi connectivity index (χ0) is 20.4. The number of aromatic nitrogens is 3. The predicted molar refractivity (Wildman–Crippen MR) is 116 cm³/mol. The molecule has 0 unspecified atom stereocenters. The van der Waals surface area contributed by atoms with Gasteiger partial charge in [0.15, 0.2) is 11.6 Å². The number of rotatable bonds is 4. The Bertz CT molecular complexity index is 1100. The Morgan fingerprint density at radius 1 is 0.586 bits per heavy atom. The molecule has 0 amide bonds. The van der Waals surface area contributed by atoms with Gasteiger partial charge in [0.2, 0.25) is 0 Å². The Hall–Kier alpha value is -3.53. The molecular formula is C25H23N3O. The second-order valence-corrected chi connectivity index (χ2v) is 7.32. The van der Waals surface area contributed by atoms with Gasteiger partial charge in [0.1, 0.15) is 5.75 Å². The first-order valence-electron chi connectivity index (χ1n) is 9.64. The highest BCUT2D eigenvalue weighted by Crippen LogP contribution is 2.28. The van der Waals surface area contributed by atoms with Crippen LogP contribution in [0.2, 0.25) is 0 Å². The molecule has 4 aromatic rings. The normalized spacial score (nSPS) is 10.8. The average Bonchev–Trinajstić information content (AvgIpc) is 2.68. The van der Waals surface area contributed by atoms with Crippen LogP contribution in [-0.4, -0.2) is 15.0 Å². The highest BCUT2D eigenvalue weighted by Gasteiger charge is 2.15. The molecule has 144 valence electrons. The summed E-state index contributed by atoms with van der Waals surface area (Å²) in [7, 11) is 0. The molecule has 0 atom stereocenters. The number of benzene rings is 3. The number of para-hydroxylation sites is 1. The van der Waals surface area contributed by atoms with Gasteiger partial charge in [-0.05, 0) is 51.0 Å². The van der Waals surface area contributed by atoms with Crippen molar-refractivity contribution < 1.29 is 4.74 Å². The van der Waals surface area contributed by atoms with Gasteiger partial charge in [-0.2, -0.15) is 9.97 Å². The molecule has 29 heavy (non-hydrogen) atoms. The van der Waals surface area contributed by atoms with Crippen molar-refractivity contribution in [3.8, 4) is 34.5 Å². The third kappa shape index (κ3) is 4.16. The van der Waals surface area contributed by atoms with E-state index < -0.39 is 0 Å². The van der Waals surface area contributed by atoms with E-state index in [2.05, 4.69) is 74.1 Å². The van der Waals surface area contributed by atoms with Gasteiger partial charge in [-0.3, -0.25) is 0 Å². The van der Waals surface area contributed by atoms with Gasteiger partial charge in [-0.15, -0.1) is 0 Å². The molecule has 0 radical (unpaired) electrons. The Labute approximate surface area is 171 Å². The van der Waals surface area contributed by atoms with Crippen molar-refractivity contribution in [2.75, 3.05) is 0 Å². The van der Waals surface area contributed by atoms with Crippen molar-refractivity contribution in [1.29, 1.82) is 0 Å². The first-order chi connectivity index (χ1) is 14.0. The molecule has 0 fully saturated rings. The lowest BCUT2D eigenvalue weighted by atomic mass is 10.0. The van der Waals surface area contributed by atoms with Crippen LogP contribution in [0.25, 0.3) is 22.8 Å². The molecule has 0 saturated carbocycles. The largest absolute Gasteiger partial charge is 0.424 e. The van der Waals surface area contributed by atoms with Gasteiger partial charge in [-0.25, -0.2) is 4.98 Å². The third-order valence-electron chi connectivity index (χ3n) is 4.81. The van der Waals surface area contributed by atoms with E-state index in [1.165, 1.54) is 11.1 Å². The standard InChI is InChI=1S/C25H23N3O/c1-16-10-12-21(18(3)14-16)23-26-24(22-13-11-17(2)15-19(22)4)28-25(27-23)29-20-8-6-5-7-9-20/h5-15H,1-4H3. The molecular weight excluding hydrogens is 358 g/mol. The Morgan fingerprint density at radius 3 is 1.59 bits per heavy atom. The van der Waals surface area contributed by atoms with Crippen molar-refractivity contribution in [1.82, 2.24) is 15.0 Å². The second kappa shape index (κ2) is 7.84. The van der Waals surface area contributed by atoms with Crippen LogP contribution in [0.4, 0.5) is 0 Å². The summed E-state index contributed by atoms with van der Waals surface area (Å²) in [5.74, 6) is 1.91. The second-order valence-electron chi connectivity index (χ2n) is 7.32. The van der Waals surface area contributed by atoms with Crippen molar-refractivity contribution in [2.24, 2.45) is 0 Å². The predicted octanol–water partition coefficient (Wildman–Crippen LogP) is 6.23. The summed E-state index contributed by atoms with van der Waals surface area (Å²) in [4.78, 5) is 14.0. The summed E-state index contributed by atoms with van der Waals surface area (Å²) in [6, 6.07) is 22.4. The maximum Gasteiger partial charge on any atom is 0.326 e. The molecule has 4 rings (SSSR count). The molecule has 0 bridgehead atoms. The lowest BCUT2D eigenvalue weighted by Crippen LogP contribution is -2.02. The highest BCUT2D eigenvalue weighted by molar-refractivity contribution is 5.66. The number of ether oxygens (including phenoxy) is 1. The first-order valence-corrected chi connectivity index (χ1v) is 9.64. The van der Waals surface area contributed by atoms with Crippen LogP contribution in [0.3, 0.4) is 0 Å². The van der Waals surface area contributed by atoms with E-state index in [0.29, 0.717) is 17.4 Å². The van der Waals surface area contributed by atoms with E-state index in [0.717, 1.165) is 22.3 Å². The summed E-state index contributed by atoms with van der Waals surface area (Å²) in [6.07, 6.45) is 0. The van der Waals surface area contributed by atoms with Gasteiger partial charge >= 0.3 is 6.01 Å². The van der Waals surface area contributed by atoms with Crippen LogP contribution in [0.15, 0.2) is 66.7 Å². The number of hydrogen-bond acceptors (Lipinski definition) is 4. The summed E-state index contributed by atoms with van der Waals surface area (Å²) >= 11 is 0. The Morgan fingerprint density at radius 2 is 1.10 bits per heavy atom. The van der Waals surface area contributed by atoms with Crippen molar-refractivity contribution >= 4 is 0 Å². The number of aryl methyl sites for hydroxylation is 4. The smallest absolute Gasteiger partial charge is 0.326 e. The van der Waals surface area contributed by atoms with Gasteiger partial charge in [-0.1, -0.05) is 65.7 Å². The molecule has 0 aliphatic carbocycles. The minimum atomic E-state index is 0.288. The maximum absolute atomic E-state index is 5.97. The molecule has 4 heteroatoms. The van der Waals surface area contributed by atoms with Crippen molar-refractivity contribution in [3.05, 3.63) is 89.0 Å². The Balaban J connectivity index is 1.87. The van der Waals surface area contributed by atoms with Gasteiger partial charge < -0.3 is 4.74 Å². The van der Waals surface area contributed by atoms with Crippen LogP contribution >= 0.6 is 0 Å². The monoisotopic (exact) mass is 381 g/mol. The van der Waals surface area contributed by atoms with E-state index in [1.807, 2.05) is 30.3 Å². The molecule has 0 aliphatic heterocycles. The molecule has 1 heterocycles. The van der Waals surface area contributed by atoms with E-state index in [9.17, 15) is 0 Å². The molecule has 1 aromatic heterocycles. The van der Waals surface area contributed by atoms with Gasteiger partial charge in [0.25, 0.3) is 0 Å². The van der Waals surface area contributed by atoms with Crippen molar-refractivity contribution in [2.45, 2.75) is 27.7 Å². The van der Waals surface area contributed by atoms with Crippen LogP contribution in [0, 0.1) is 27.7 Å². The highest BCUT2D eigenvalue weighted by atomic mass is 16.5. The summed E-state index contributed by atoms with van der Waals surface area (Å²) in [6.45, 7) is 8.30. The SMILES string of the molecule is Cc1ccc(-c2nc(Oc3ccccc3)nc(-c3ccc(C)cc3C)n2)c(C)c1. The van der Waals surface area contributed by atoms with E-state index in [1.54, 1.807) is 0 Å². The summed E-state index contributed by atoms with van der Waals surface area (Å²) < 4.78 is 5.97. The van der Waals surface area contributed by atoms with Crippen LogP contribution < -0.4 is 4.74 Å². The maximum atomic E-state index is 5.97. The fraction of sp³-hybridized carbons (Fsp3) is 0.160. The van der Waals surface area contributed by atoms with Gasteiger partial charge in [0.05, 0.1) is 0 Å². The first kappa shape index (κ1) is 18.8. The summed E-state index contributed by atoms with van der Waals surface area (Å²) in [5.41, 5.74) is 6.59. The van der Waals surface area contributed by atoms with E-state index >= 15 is 0 Å². The number of nitrogens with zero attached hydrogens (tertiary/aromatic N) is 3. The fourth-order valence-electron chi connectivity index (χ4n) is 3.37. The molecule has 3 aromatic carbocycles. The molecule has 0 spiro atoms. The zero-order valence-electron chi connectivity index (χ0n) is 17.1. The molecule has 0 aliphatic rings. The molecule has 0 saturated heterocycles. The fourth-order valence-corrected chi connectivity index (χ4v) is 3.37. The lowest BCUT2D eigenvalue weighted by molar-refractivity contribution is 0.441. The van der Waals surface area contributed by atoms with Crippen LogP contribution in [-0.2, 0) is 0 Å². The molecule has 4 nitrogen and oxygen atoms in total. The summed E-state index contributed by atoms with van der Waals surface area (Å²) in [5, 5.41) is 0. The molecule has 0 N–H and O–H groups in total. The lowest BCUT2D eigenvalue weighted by Gasteiger charge is -2.12. The van der Waals surface area contributed by atoms with Crippen LogP contribution in [0.5, 0.6) is 11.8 Å². The minimum Gasteiger partial charge on any atom is -0.424 e. The van der Waals surface area contributed by atoms with Crippen molar-refractivity contribution in [3.63, 3.8) is 0 Å². The minimum absolute atomic E-state index is 0.288. The van der Waals surface area contributed by atoms with E-state index in [-0.39, 0.29) is 6.01 Å². The topological polar surface area (TPSA) is 47.9 Å². The quantitative estimate of drug-likeness (QED) is 0.420. The third-order valence-corrected chi connectivity index (χ3v) is 4.81. The average molecular weight is 381 g/mol. The van der Waals surface area contributed by atoms with E-state index in [4.69, 9.17) is 9.72 Å². The Kier molecular flexibility index (Phi) is 5.09. The number of hydrogen-bond donors (Lipinski definition) is 0.